The fraction of sp³-hybridized carbons (Fsp3) is 0.235. The Hall–Kier alpha value is -2.64. The standard InChI is InChI=1S/C17H13ClF3N5O3S2/c1-3-31(28,29)11-6-10(9-4-5-22-12(18)7-9)8-23-13(11)14(27)26(2)16-25-24-15(30-16)17(19,20)21/h4-8H,3H2,1-2H3. The Balaban J connectivity index is 2.07. The number of hydrogen-bond acceptors (Lipinski definition) is 8. The smallest absolute Gasteiger partial charge is 0.284 e. The average molecular weight is 492 g/mol. The number of nitrogens with zero attached hydrogens (tertiary/aromatic N) is 5. The van der Waals surface area contributed by atoms with Crippen molar-refractivity contribution in [1.29, 1.82) is 0 Å². The van der Waals surface area contributed by atoms with Gasteiger partial charge in [0.1, 0.15) is 10.8 Å². The van der Waals surface area contributed by atoms with Crippen molar-refractivity contribution in [2.24, 2.45) is 0 Å². The predicted octanol–water partition coefficient (Wildman–Crippen LogP) is 3.74. The van der Waals surface area contributed by atoms with Gasteiger partial charge in [0, 0.05) is 25.0 Å². The summed E-state index contributed by atoms with van der Waals surface area (Å²) in [6.07, 6.45) is -2.03. The molecule has 0 aromatic carbocycles. The summed E-state index contributed by atoms with van der Waals surface area (Å²) in [7, 11) is -2.76. The Kier molecular flexibility index (Phi) is 6.30. The van der Waals surface area contributed by atoms with Gasteiger partial charge in [-0.2, -0.15) is 13.2 Å². The molecular formula is C17H13ClF3N5O3S2. The topological polar surface area (TPSA) is 106 Å². The van der Waals surface area contributed by atoms with E-state index in [0.29, 0.717) is 11.1 Å². The zero-order chi connectivity index (χ0) is 23.0. The number of pyridine rings is 2. The highest BCUT2D eigenvalue weighted by molar-refractivity contribution is 7.91. The van der Waals surface area contributed by atoms with Gasteiger partial charge in [-0.25, -0.2) is 18.4 Å². The largest absolute Gasteiger partial charge is 0.445 e. The normalized spacial score (nSPS) is 12.1. The number of alkyl halides is 3. The van der Waals surface area contributed by atoms with E-state index in [-0.39, 0.29) is 32.3 Å². The summed E-state index contributed by atoms with van der Waals surface area (Å²) in [5.41, 5.74) is 0.439. The van der Waals surface area contributed by atoms with Crippen LogP contribution in [0.25, 0.3) is 11.1 Å². The van der Waals surface area contributed by atoms with Gasteiger partial charge in [-0.15, -0.1) is 10.2 Å². The Labute approximate surface area is 183 Å². The first kappa shape index (κ1) is 23.0. The van der Waals surface area contributed by atoms with Crippen molar-refractivity contribution >= 4 is 43.8 Å². The van der Waals surface area contributed by atoms with Crippen LogP contribution in [-0.4, -0.2) is 47.3 Å². The molecule has 0 atom stereocenters. The highest BCUT2D eigenvalue weighted by Crippen LogP contribution is 2.34. The molecule has 0 aliphatic heterocycles. The predicted molar refractivity (Wildman–Crippen MR) is 108 cm³/mol. The van der Waals surface area contributed by atoms with Crippen molar-refractivity contribution < 1.29 is 26.4 Å². The summed E-state index contributed by atoms with van der Waals surface area (Å²) in [5.74, 6) is -1.27. The molecule has 0 saturated heterocycles. The molecule has 14 heteroatoms. The maximum Gasteiger partial charge on any atom is 0.445 e. The lowest BCUT2D eigenvalue weighted by atomic mass is 10.1. The third-order valence-corrected chi connectivity index (χ3v) is 7.07. The molecule has 3 heterocycles. The number of rotatable bonds is 5. The molecule has 0 N–H and O–H groups in total. The SMILES string of the molecule is CCS(=O)(=O)c1cc(-c2ccnc(Cl)c2)cnc1C(=O)N(C)c1nnc(C(F)(F)F)s1. The van der Waals surface area contributed by atoms with E-state index in [1.54, 1.807) is 6.07 Å². The number of carbonyl (C=O) groups is 1. The van der Waals surface area contributed by atoms with Gasteiger partial charge in [0.2, 0.25) is 10.1 Å². The van der Waals surface area contributed by atoms with E-state index < -0.39 is 32.6 Å². The van der Waals surface area contributed by atoms with Crippen LogP contribution < -0.4 is 4.90 Å². The third-order valence-electron chi connectivity index (χ3n) is 4.08. The Morgan fingerprint density at radius 2 is 1.90 bits per heavy atom. The molecule has 164 valence electrons. The lowest BCUT2D eigenvalue weighted by molar-refractivity contribution is -0.138. The van der Waals surface area contributed by atoms with Gasteiger partial charge in [0.05, 0.1) is 10.6 Å². The van der Waals surface area contributed by atoms with Gasteiger partial charge in [0.15, 0.2) is 9.84 Å². The molecule has 0 fully saturated rings. The van der Waals surface area contributed by atoms with E-state index in [0.717, 1.165) is 11.9 Å². The molecule has 0 aliphatic carbocycles. The van der Waals surface area contributed by atoms with Crippen molar-refractivity contribution in [2.45, 2.75) is 18.0 Å². The molecule has 0 saturated carbocycles. The maximum atomic E-state index is 12.9. The van der Waals surface area contributed by atoms with Gasteiger partial charge in [-0.1, -0.05) is 29.9 Å². The highest BCUT2D eigenvalue weighted by Gasteiger charge is 2.37. The molecule has 8 nitrogen and oxygen atoms in total. The van der Waals surface area contributed by atoms with Gasteiger partial charge in [0.25, 0.3) is 5.91 Å². The first-order valence-electron chi connectivity index (χ1n) is 8.47. The van der Waals surface area contributed by atoms with Crippen molar-refractivity contribution in [1.82, 2.24) is 20.2 Å². The first-order valence-corrected chi connectivity index (χ1v) is 11.3. The van der Waals surface area contributed by atoms with Crippen molar-refractivity contribution in [3.8, 4) is 11.1 Å². The molecule has 0 radical (unpaired) electrons. The number of hydrogen-bond donors (Lipinski definition) is 0. The maximum absolute atomic E-state index is 12.9. The Morgan fingerprint density at radius 1 is 1.19 bits per heavy atom. The van der Waals surface area contributed by atoms with E-state index in [1.165, 1.54) is 31.5 Å². The minimum Gasteiger partial charge on any atom is -0.284 e. The van der Waals surface area contributed by atoms with Crippen LogP contribution in [0.3, 0.4) is 0 Å². The molecule has 0 bridgehead atoms. The van der Waals surface area contributed by atoms with Crippen molar-refractivity contribution in [3.05, 3.63) is 46.4 Å². The summed E-state index contributed by atoms with van der Waals surface area (Å²) in [6, 6.07) is 4.34. The van der Waals surface area contributed by atoms with Crippen LogP contribution in [0.15, 0.2) is 35.5 Å². The van der Waals surface area contributed by atoms with Crippen LogP contribution in [0, 0.1) is 0 Å². The molecule has 3 rings (SSSR count). The third kappa shape index (κ3) is 4.83. The number of amides is 1. The molecule has 3 aromatic rings. The van der Waals surface area contributed by atoms with Crippen LogP contribution in [0.4, 0.5) is 18.3 Å². The second-order valence-electron chi connectivity index (χ2n) is 6.09. The van der Waals surface area contributed by atoms with Crippen LogP contribution in [0.2, 0.25) is 5.15 Å². The summed E-state index contributed by atoms with van der Waals surface area (Å²) in [5, 5.41) is 4.98. The first-order chi connectivity index (χ1) is 14.4. The number of anilines is 1. The van der Waals surface area contributed by atoms with E-state index in [9.17, 15) is 26.4 Å². The van der Waals surface area contributed by atoms with Crippen LogP contribution in [-0.2, 0) is 16.0 Å². The zero-order valence-corrected chi connectivity index (χ0v) is 18.3. The number of carbonyl (C=O) groups excluding carboxylic acids is 1. The molecule has 0 spiro atoms. The Morgan fingerprint density at radius 3 is 2.48 bits per heavy atom. The second-order valence-corrected chi connectivity index (χ2v) is 9.68. The Bertz CT molecular complexity index is 1250. The minimum absolute atomic E-state index is 0.151. The molecule has 31 heavy (non-hydrogen) atoms. The highest BCUT2D eigenvalue weighted by atomic mass is 35.5. The number of halogens is 4. The molecule has 0 unspecified atom stereocenters. The molecule has 3 aromatic heterocycles. The van der Waals surface area contributed by atoms with Crippen molar-refractivity contribution in [3.63, 3.8) is 0 Å². The van der Waals surface area contributed by atoms with E-state index >= 15 is 0 Å². The van der Waals surface area contributed by atoms with Gasteiger partial charge in [-0.05, 0) is 23.8 Å². The van der Waals surface area contributed by atoms with Crippen molar-refractivity contribution in [2.75, 3.05) is 17.7 Å². The zero-order valence-electron chi connectivity index (χ0n) is 15.9. The number of sulfone groups is 1. The quantitative estimate of drug-likeness (QED) is 0.500. The summed E-state index contributed by atoms with van der Waals surface area (Å²) in [4.78, 5) is 21.2. The molecule has 1 amide bonds. The van der Waals surface area contributed by atoms with Gasteiger partial charge >= 0.3 is 6.18 Å². The number of aromatic nitrogens is 4. The lowest BCUT2D eigenvalue weighted by Crippen LogP contribution is -2.29. The van der Waals surface area contributed by atoms with Crippen LogP contribution in [0.1, 0.15) is 22.4 Å². The van der Waals surface area contributed by atoms with Gasteiger partial charge < -0.3 is 0 Å². The summed E-state index contributed by atoms with van der Waals surface area (Å²) in [6.45, 7) is 1.39. The molecule has 0 aliphatic rings. The fourth-order valence-electron chi connectivity index (χ4n) is 2.45. The lowest BCUT2D eigenvalue weighted by Gasteiger charge is -2.16. The molecular weight excluding hydrogens is 479 g/mol. The minimum atomic E-state index is -4.72. The summed E-state index contributed by atoms with van der Waals surface area (Å²) < 4.78 is 63.7. The average Bonchev–Trinajstić information content (AvgIpc) is 3.23. The van der Waals surface area contributed by atoms with Crippen LogP contribution >= 0.6 is 22.9 Å². The van der Waals surface area contributed by atoms with Crippen LogP contribution in [0.5, 0.6) is 0 Å². The van der Waals surface area contributed by atoms with E-state index in [2.05, 4.69) is 20.2 Å². The second kappa shape index (κ2) is 8.48. The monoisotopic (exact) mass is 491 g/mol. The summed E-state index contributed by atoms with van der Waals surface area (Å²) >= 11 is 6.03. The van der Waals surface area contributed by atoms with Gasteiger partial charge in [-0.3, -0.25) is 9.69 Å². The van der Waals surface area contributed by atoms with E-state index in [4.69, 9.17) is 11.6 Å². The van der Waals surface area contributed by atoms with E-state index in [1.807, 2.05) is 0 Å². The fourth-order valence-corrected chi connectivity index (χ4v) is 4.35.